The number of fused-ring (bicyclic) bond motifs is 1. The molecule has 0 saturated heterocycles. The molecule has 0 saturated carbocycles. The van der Waals surface area contributed by atoms with Gasteiger partial charge in [-0.1, -0.05) is 6.07 Å². The van der Waals surface area contributed by atoms with Crippen LogP contribution in [0.1, 0.15) is 17.5 Å². The minimum Gasteiger partial charge on any atom is -0.365 e. The first-order valence-electron chi connectivity index (χ1n) is 8.52. The van der Waals surface area contributed by atoms with E-state index in [1.165, 1.54) is 17.7 Å². The number of carbonyl (C=O) groups excluding carboxylic acids is 1. The van der Waals surface area contributed by atoms with Crippen molar-refractivity contribution in [1.29, 1.82) is 0 Å². The summed E-state index contributed by atoms with van der Waals surface area (Å²) in [5.41, 5.74) is 4.75. The van der Waals surface area contributed by atoms with Crippen LogP contribution < -0.4 is 10.2 Å². The number of hydrogen-bond donors (Lipinski definition) is 1. The van der Waals surface area contributed by atoms with Gasteiger partial charge < -0.3 is 14.8 Å². The van der Waals surface area contributed by atoms with Gasteiger partial charge in [0.15, 0.2) is 0 Å². The molecule has 0 aliphatic carbocycles. The molecule has 3 aromatic rings. The molecule has 2 aromatic carbocycles. The molecule has 1 aliphatic rings. The fraction of sp³-hybridized carbons (Fsp3) is 0.200. The zero-order chi connectivity index (χ0) is 18.1. The fourth-order valence-corrected chi connectivity index (χ4v) is 3.25. The van der Waals surface area contributed by atoms with E-state index < -0.39 is 0 Å². The lowest BCUT2D eigenvalue weighted by molar-refractivity contribution is -0.115. The first-order chi connectivity index (χ1) is 12.6. The molecule has 5 nitrogen and oxygen atoms in total. The maximum atomic E-state index is 13.6. The topological polar surface area (TPSA) is 50.2 Å². The highest BCUT2D eigenvalue weighted by molar-refractivity contribution is 5.96. The van der Waals surface area contributed by atoms with Gasteiger partial charge in [0, 0.05) is 37.6 Å². The summed E-state index contributed by atoms with van der Waals surface area (Å²) in [5.74, 6) is -0.446. The molecule has 0 spiro atoms. The maximum Gasteiger partial charge on any atom is 0.226 e. The second-order valence-corrected chi connectivity index (χ2v) is 6.46. The lowest BCUT2D eigenvalue weighted by Gasteiger charge is -2.25. The van der Waals surface area contributed by atoms with Crippen LogP contribution in [0.3, 0.4) is 0 Å². The molecule has 0 unspecified atom stereocenters. The first kappa shape index (κ1) is 16.3. The molecule has 6 heteroatoms. The lowest BCUT2D eigenvalue weighted by Crippen LogP contribution is -2.24. The predicted molar refractivity (Wildman–Crippen MR) is 99.0 cm³/mol. The second-order valence-electron chi connectivity index (χ2n) is 6.46. The van der Waals surface area contributed by atoms with Crippen LogP contribution in [0.25, 0.3) is 5.69 Å². The number of aryl methyl sites for hydroxylation is 1. The molecule has 0 bridgehead atoms. The molecule has 2 heterocycles. The summed E-state index contributed by atoms with van der Waals surface area (Å²) in [7, 11) is 0. The molecular formula is C20H19FN4O. The number of nitrogens with zero attached hydrogens (tertiary/aromatic N) is 3. The number of benzene rings is 2. The van der Waals surface area contributed by atoms with Gasteiger partial charge in [-0.2, -0.15) is 0 Å². The number of imidazole rings is 1. The van der Waals surface area contributed by atoms with Crippen LogP contribution in [0.5, 0.6) is 0 Å². The van der Waals surface area contributed by atoms with Crippen molar-refractivity contribution in [3.05, 3.63) is 72.1 Å². The van der Waals surface area contributed by atoms with Crippen LogP contribution in [-0.2, 0) is 11.3 Å². The Hall–Kier alpha value is -3.15. The number of amides is 1. The van der Waals surface area contributed by atoms with Gasteiger partial charge >= 0.3 is 0 Å². The first-order valence-corrected chi connectivity index (χ1v) is 8.52. The third kappa shape index (κ3) is 3.18. The largest absolute Gasteiger partial charge is 0.365 e. The van der Waals surface area contributed by atoms with Crippen molar-refractivity contribution in [2.75, 3.05) is 16.8 Å². The van der Waals surface area contributed by atoms with E-state index in [0.29, 0.717) is 25.2 Å². The highest BCUT2D eigenvalue weighted by atomic mass is 19.1. The predicted octanol–water partition coefficient (Wildman–Crippen LogP) is 3.67. The molecule has 1 amide bonds. The average Bonchev–Trinajstić information content (AvgIpc) is 3.10. The minimum atomic E-state index is -0.355. The minimum absolute atomic E-state index is 0.0912. The quantitative estimate of drug-likeness (QED) is 0.784. The Labute approximate surface area is 151 Å². The van der Waals surface area contributed by atoms with E-state index in [9.17, 15) is 9.18 Å². The van der Waals surface area contributed by atoms with Gasteiger partial charge in [-0.3, -0.25) is 4.79 Å². The van der Waals surface area contributed by atoms with E-state index in [4.69, 9.17) is 0 Å². The molecule has 0 radical (unpaired) electrons. The van der Waals surface area contributed by atoms with Crippen molar-refractivity contribution in [3.8, 4) is 5.69 Å². The van der Waals surface area contributed by atoms with Crippen LogP contribution in [0.2, 0.25) is 0 Å². The third-order valence-corrected chi connectivity index (χ3v) is 4.67. The summed E-state index contributed by atoms with van der Waals surface area (Å²) in [6.45, 7) is 3.32. The summed E-state index contributed by atoms with van der Waals surface area (Å²) in [6.07, 6.45) is 5.81. The van der Waals surface area contributed by atoms with Crippen molar-refractivity contribution in [1.82, 2.24) is 9.55 Å². The average molecular weight is 350 g/mol. The fourth-order valence-electron chi connectivity index (χ4n) is 3.25. The molecule has 4 rings (SSSR count). The van der Waals surface area contributed by atoms with Crippen molar-refractivity contribution in [2.24, 2.45) is 0 Å². The second kappa shape index (κ2) is 6.63. The Balaban J connectivity index is 1.64. The van der Waals surface area contributed by atoms with Gasteiger partial charge in [0.2, 0.25) is 5.91 Å². The van der Waals surface area contributed by atoms with Crippen LogP contribution in [-0.4, -0.2) is 22.0 Å². The van der Waals surface area contributed by atoms with E-state index in [2.05, 4.69) is 40.3 Å². The zero-order valence-electron chi connectivity index (χ0n) is 14.4. The number of rotatable bonds is 3. The van der Waals surface area contributed by atoms with Crippen LogP contribution in [0.15, 0.2) is 55.1 Å². The number of halogens is 1. The standard InChI is InChI=1S/C20H19FN4O/c1-14-10-17(25-9-7-22-13-25)4-2-15(14)12-24-8-6-20(26)23-18-11-16(21)3-5-19(18)24/h2-5,7,9-11,13H,6,8,12H2,1H3,(H,23,26). The Kier molecular flexibility index (Phi) is 4.16. The molecule has 1 aromatic heterocycles. The van der Waals surface area contributed by atoms with Crippen LogP contribution in [0.4, 0.5) is 15.8 Å². The van der Waals surface area contributed by atoms with Crippen molar-refractivity contribution in [3.63, 3.8) is 0 Å². The van der Waals surface area contributed by atoms with E-state index in [-0.39, 0.29) is 11.7 Å². The van der Waals surface area contributed by atoms with Gasteiger partial charge in [0.1, 0.15) is 5.82 Å². The smallest absolute Gasteiger partial charge is 0.226 e. The van der Waals surface area contributed by atoms with Crippen LogP contribution >= 0.6 is 0 Å². The number of hydrogen-bond acceptors (Lipinski definition) is 3. The van der Waals surface area contributed by atoms with Gasteiger partial charge in [0.05, 0.1) is 17.7 Å². The van der Waals surface area contributed by atoms with E-state index in [0.717, 1.165) is 16.9 Å². The number of anilines is 2. The van der Waals surface area contributed by atoms with Gasteiger partial charge in [-0.15, -0.1) is 0 Å². The number of aromatic nitrogens is 2. The molecule has 0 atom stereocenters. The Bertz CT molecular complexity index is 952. The van der Waals surface area contributed by atoms with Gasteiger partial charge in [0.25, 0.3) is 0 Å². The van der Waals surface area contributed by atoms with Crippen LogP contribution in [0, 0.1) is 12.7 Å². The highest BCUT2D eigenvalue weighted by Crippen LogP contribution is 2.31. The third-order valence-electron chi connectivity index (χ3n) is 4.67. The van der Waals surface area contributed by atoms with E-state index in [1.54, 1.807) is 18.6 Å². The van der Waals surface area contributed by atoms with Gasteiger partial charge in [-0.05, 0) is 48.4 Å². The summed E-state index contributed by atoms with van der Waals surface area (Å²) in [6, 6.07) is 10.8. The van der Waals surface area contributed by atoms with E-state index in [1.807, 2.05) is 10.8 Å². The molecule has 1 N–H and O–H groups in total. The summed E-state index contributed by atoms with van der Waals surface area (Å²) in [4.78, 5) is 18.1. The van der Waals surface area contributed by atoms with Crippen molar-refractivity contribution >= 4 is 17.3 Å². The van der Waals surface area contributed by atoms with Gasteiger partial charge in [-0.25, -0.2) is 9.37 Å². The molecule has 1 aliphatic heterocycles. The number of nitrogens with one attached hydrogen (secondary N) is 1. The van der Waals surface area contributed by atoms with Crippen molar-refractivity contribution < 1.29 is 9.18 Å². The SMILES string of the molecule is Cc1cc(-n2ccnc2)ccc1CN1CCC(=O)Nc2cc(F)ccc21. The summed E-state index contributed by atoms with van der Waals surface area (Å²) < 4.78 is 15.5. The summed E-state index contributed by atoms with van der Waals surface area (Å²) >= 11 is 0. The Morgan fingerprint density at radius 2 is 2.12 bits per heavy atom. The molecule has 132 valence electrons. The monoisotopic (exact) mass is 350 g/mol. The van der Waals surface area contributed by atoms with E-state index >= 15 is 0 Å². The molecular weight excluding hydrogens is 331 g/mol. The number of carbonyl (C=O) groups is 1. The summed E-state index contributed by atoms with van der Waals surface area (Å²) in [5, 5.41) is 2.79. The van der Waals surface area contributed by atoms with Crippen molar-refractivity contribution in [2.45, 2.75) is 19.9 Å². The lowest BCUT2D eigenvalue weighted by atomic mass is 10.1. The Morgan fingerprint density at radius 3 is 2.88 bits per heavy atom. The normalized spacial score (nSPS) is 13.9. The zero-order valence-corrected chi connectivity index (χ0v) is 14.4. The molecule has 0 fully saturated rings. The molecule has 26 heavy (non-hydrogen) atoms. The Morgan fingerprint density at radius 1 is 1.23 bits per heavy atom. The highest BCUT2D eigenvalue weighted by Gasteiger charge is 2.20. The maximum absolute atomic E-state index is 13.6.